The first-order valence-electron chi connectivity index (χ1n) is 9.13. The number of nitrogens with one attached hydrogen (secondary N) is 1. The van der Waals surface area contributed by atoms with E-state index in [1.54, 1.807) is 12.4 Å². The van der Waals surface area contributed by atoms with Crippen LogP contribution in [0.1, 0.15) is 48.3 Å². The number of benzene rings is 1. The van der Waals surface area contributed by atoms with Crippen LogP contribution in [0.15, 0.2) is 24.5 Å². The van der Waals surface area contributed by atoms with Gasteiger partial charge in [-0.2, -0.15) is 0 Å². The third kappa shape index (κ3) is 4.24. The van der Waals surface area contributed by atoms with Gasteiger partial charge in [0.1, 0.15) is 12.2 Å². The van der Waals surface area contributed by atoms with Crippen LogP contribution < -0.4 is 10.2 Å². The van der Waals surface area contributed by atoms with E-state index in [1.807, 2.05) is 18.5 Å². The SMILES string of the molecule is C[C@H](CNC(=O)c1cc([N+](=O)[O-])ccc1N1CCCCC1)c1nncn1C. The fourth-order valence-electron chi connectivity index (χ4n) is 3.40. The molecule has 1 aromatic carbocycles. The molecule has 0 aliphatic carbocycles. The third-order valence-corrected chi connectivity index (χ3v) is 4.89. The molecule has 1 atom stereocenters. The van der Waals surface area contributed by atoms with E-state index < -0.39 is 4.92 Å². The maximum Gasteiger partial charge on any atom is 0.270 e. The van der Waals surface area contributed by atoms with Gasteiger partial charge in [-0.3, -0.25) is 14.9 Å². The Morgan fingerprint density at radius 3 is 2.70 bits per heavy atom. The van der Waals surface area contributed by atoms with Crippen molar-refractivity contribution in [2.45, 2.75) is 32.1 Å². The molecular formula is C18H24N6O3. The molecule has 0 bridgehead atoms. The van der Waals surface area contributed by atoms with Crippen LogP contribution in [0.25, 0.3) is 0 Å². The van der Waals surface area contributed by atoms with E-state index >= 15 is 0 Å². The number of nitro groups is 1. The molecule has 1 saturated heterocycles. The number of aromatic nitrogens is 3. The maximum absolute atomic E-state index is 12.8. The fourth-order valence-corrected chi connectivity index (χ4v) is 3.40. The molecule has 144 valence electrons. The monoisotopic (exact) mass is 372 g/mol. The Balaban J connectivity index is 1.79. The summed E-state index contributed by atoms with van der Waals surface area (Å²) in [5.74, 6) is 0.428. The van der Waals surface area contributed by atoms with Gasteiger partial charge in [-0.15, -0.1) is 10.2 Å². The average molecular weight is 372 g/mol. The predicted molar refractivity (Wildman–Crippen MR) is 101 cm³/mol. The van der Waals surface area contributed by atoms with Gasteiger partial charge in [-0.25, -0.2) is 0 Å². The van der Waals surface area contributed by atoms with Gasteiger partial charge in [0.05, 0.1) is 16.2 Å². The second-order valence-corrected chi connectivity index (χ2v) is 6.92. The Morgan fingerprint density at radius 2 is 2.07 bits per heavy atom. The minimum atomic E-state index is -0.473. The van der Waals surface area contributed by atoms with Crippen molar-refractivity contribution in [2.24, 2.45) is 7.05 Å². The number of piperidine rings is 1. The van der Waals surface area contributed by atoms with Crippen molar-refractivity contribution in [2.75, 3.05) is 24.5 Å². The zero-order chi connectivity index (χ0) is 19.4. The van der Waals surface area contributed by atoms with E-state index in [4.69, 9.17) is 0 Å². The van der Waals surface area contributed by atoms with Crippen LogP contribution in [0.2, 0.25) is 0 Å². The summed E-state index contributed by atoms with van der Waals surface area (Å²) in [7, 11) is 1.85. The Kier molecular flexibility index (Phi) is 5.68. The van der Waals surface area contributed by atoms with Crippen molar-refractivity contribution in [3.63, 3.8) is 0 Å². The van der Waals surface area contributed by atoms with Crippen LogP contribution in [-0.2, 0) is 7.05 Å². The molecule has 27 heavy (non-hydrogen) atoms. The molecule has 0 radical (unpaired) electrons. The molecule has 1 fully saturated rings. The number of anilines is 1. The van der Waals surface area contributed by atoms with Gasteiger partial charge in [0, 0.05) is 44.7 Å². The zero-order valence-electron chi connectivity index (χ0n) is 15.6. The number of non-ortho nitro benzene ring substituents is 1. The number of amides is 1. The van der Waals surface area contributed by atoms with Crippen molar-refractivity contribution >= 4 is 17.3 Å². The van der Waals surface area contributed by atoms with Gasteiger partial charge >= 0.3 is 0 Å². The van der Waals surface area contributed by atoms with Crippen molar-refractivity contribution in [3.8, 4) is 0 Å². The second kappa shape index (κ2) is 8.15. The number of carbonyl (C=O) groups is 1. The lowest BCUT2D eigenvalue weighted by molar-refractivity contribution is -0.384. The Morgan fingerprint density at radius 1 is 1.33 bits per heavy atom. The van der Waals surface area contributed by atoms with E-state index in [2.05, 4.69) is 20.4 Å². The number of carbonyl (C=O) groups excluding carboxylic acids is 1. The highest BCUT2D eigenvalue weighted by Crippen LogP contribution is 2.28. The van der Waals surface area contributed by atoms with Gasteiger partial charge in [0.25, 0.3) is 11.6 Å². The molecule has 9 heteroatoms. The van der Waals surface area contributed by atoms with E-state index in [0.717, 1.165) is 37.4 Å². The summed E-state index contributed by atoms with van der Waals surface area (Å²) < 4.78 is 1.81. The molecule has 0 saturated carbocycles. The summed E-state index contributed by atoms with van der Waals surface area (Å²) in [6.07, 6.45) is 4.89. The Hall–Kier alpha value is -2.97. The molecule has 3 rings (SSSR count). The molecule has 0 spiro atoms. The standard InChI is InChI=1S/C18H24N6O3/c1-13(17-21-20-12-22(17)2)11-19-18(25)15-10-14(24(26)27)6-7-16(15)23-8-4-3-5-9-23/h6-7,10,12-13H,3-5,8-9,11H2,1-2H3,(H,19,25)/t13-/m1/s1. The summed E-state index contributed by atoms with van der Waals surface area (Å²) in [6.45, 7) is 4.03. The number of nitrogens with zero attached hydrogens (tertiary/aromatic N) is 5. The van der Waals surface area contributed by atoms with Crippen LogP contribution in [-0.4, -0.2) is 45.2 Å². The van der Waals surface area contributed by atoms with Crippen LogP contribution in [0.4, 0.5) is 11.4 Å². The van der Waals surface area contributed by atoms with Crippen molar-refractivity contribution in [1.82, 2.24) is 20.1 Å². The largest absolute Gasteiger partial charge is 0.371 e. The van der Waals surface area contributed by atoms with Crippen molar-refractivity contribution in [3.05, 3.63) is 46.0 Å². The van der Waals surface area contributed by atoms with E-state index in [0.29, 0.717) is 12.1 Å². The van der Waals surface area contributed by atoms with Crippen LogP contribution >= 0.6 is 0 Å². The van der Waals surface area contributed by atoms with Crippen molar-refractivity contribution < 1.29 is 9.72 Å². The fraction of sp³-hybridized carbons (Fsp3) is 0.500. The number of hydrogen-bond donors (Lipinski definition) is 1. The predicted octanol–water partition coefficient (Wildman–Crippen LogP) is 2.25. The normalized spacial score (nSPS) is 15.4. The molecular weight excluding hydrogens is 348 g/mol. The molecule has 1 aliphatic rings. The highest BCUT2D eigenvalue weighted by molar-refractivity contribution is 6.00. The van der Waals surface area contributed by atoms with Crippen LogP contribution in [0.3, 0.4) is 0 Å². The lowest BCUT2D eigenvalue weighted by Gasteiger charge is -2.30. The van der Waals surface area contributed by atoms with Crippen LogP contribution in [0, 0.1) is 10.1 Å². The molecule has 1 amide bonds. The average Bonchev–Trinajstić information content (AvgIpc) is 3.12. The minimum absolute atomic E-state index is 0.0291. The van der Waals surface area contributed by atoms with Gasteiger partial charge in [0.2, 0.25) is 0 Å². The number of aryl methyl sites for hydroxylation is 1. The van der Waals surface area contributed by atoms with E-state index in [9.17, 15) is 14.9 Å². The molecule has 0 unspecified atom stereocenters. The summed E-state index contributed by atoms with van der Waals surface area (Å²) in [4.78, 5) is 25.7. The highest BCUT2D eigenvalue weighted by atomic mass is 16.6. The lowest BCUT2D eigenvalue weighted by atomic mass is 10.1. The summed E-state index contributed by atoms with van der Waals surface area (Å²) in [5, 5.41) is 22.0. The van der Waals surface area contributed by atoms with Crippen molar-refractivity contribution in [1.29, 1.82) is 0 Å². The molecule has 9 nitrogen and oxygen atoms in total. The van der Waals surface area contributed by atoms with Gasteiger partial charge in [0.15, 0.2) is 0 Å². The molecule has 1 N–H and O–H groups in total. The van der Waals surface area contributed by atoms with E-state index in [1.165, 1.54) is 18.6 Å². The zero-order valence-corrected chi connectivity index (χ0v) is 15.6. The molecule has 2 heterocycles. The second-order valence-electron chi connectivity index (χ2n) is 6.92. The summed E-state index contributed by atoms with van der Waals surface area (Å²) in [5.41, 5.74) is 1.02. The maximum atomic E-state index is 12.8. The topological polar surface area (TPSA) is 106 Å². The smallest absolute Gasteiger partial charge is 0.270 e. The number of hydrogen-bond acceptors (Lipinski definition) is 6. The minimum Gasteiger partial charge on any atom is -0.371 e. The third-order valence-electron chi connectivity index (χ3n) is 4.89. The Bertz CT molecular complexity index is 828. The van der Waals surface area contributed by atoms with Gasteiger partial charge in [-0.05, 0) is 25.3 Å². The number of nitro benzene ring substituents is 1. The lowest BCUT2D eigenvalue weighted by Crippen LogP contribution is -2.34. The van der Waals surface area contributed by atoms with Gasteiger partial charge in [-0.1, -0.05) is 6.92 Å². The van der Waals surface area contributed by atoms with Crippen LogP contribution in [0.5, 0.6) is 0 Å². The quantitative estimate of drug-likeness (QED) is 0.616. The first kappa shape index (κ1) is 18.8. The summed E-state index contributed by atoms with van der Waals surface area (Å²) >= 11 is 0. The number of rotatable bonds is 6. The molecule has 1 aliphatic heterocycles. The van der Waals surface area contributed by atoms with E-state index in [-0.39, 0.29) is 17.5 Å². The Labute approximate surface area is 157 Å². The molecule has 2 aromatic rings. The summed E-state index contributed by atoms with van der Waals surface area (Å²) in [6, 6.07) is 4.51. The first-order valence-corrected chi connectivity index (χ1v) is 9.13. The first-order chi connectivity index (χ1) is 13.0. The molecule has 1 aromatic heterocycles. The van der Waals surface area contributed by atoms with Gasteiger partial charge < -0.3 is 14.8 Å². The highest BCUT2D eigenvalue weighted by Gasteiger charge is 2.22.